The average molecular weight is 369 g/mol. The third-order valence-corrected chi connectivity index (χ3v) is 4.79. The Morgan fingerprint density at radius 2 is 2.04 bits per heavy atom. The van der Waals surface area contributed by atoms with Crippen LogP contribution in [0.15, 0.2) is 45.4 Å². The molecule has 1 unspecified atom stereocenters. The molecule has 2 aromatic heterocycles. The highest BCUT2D eigenvalue weighted by atomic mass is 19.1. The molecule has 6 nitrogen and oxygen atoms in total. The largest absolute Gasteiger partial charge is 0.361 e. The highest BCUT2D eigenvalue weighted by molar-refractivity contribution is 5.93. The van der Waals surface area contributed by atoms with Gasteiger partial charge in [0.1, 0.15) is 17.3 Å². The van der Waals surface area contributed by atoms with Crippen LogP contribution in [0.4, 0.5) is 4.39 Å². The van der Waals surface area contributed by atoms with Crippen LogP contribution in [-0.4, -0.2) is 27.7 Å². The molecule has 1 fully saturated rings. The molecule has 7 heteroatoms. The maximum Gasteiger partial charge on any atom is 0.276 e. The number of carbonyl (C=O) groups is 1. The Bertz CT molecular complexity index is 932. The molecule has 1 aliphatic rings. The molecule has 1 aromatic carbocycles. The average Bonchev–Trinajstić information content (AvgIpc) is 3.42. The SMILES string of the molecule is CCCc1cc(C2CCCN2C(=O)c2cc(-c3ccc(F)cc3)on2)no1. The fourth-order valence-corrected chi connectivity index (χ4v) is 3.44. The van der Waals surface area contributed by atoms with E-state index in [2.05, 4.69) is 17.2 Å². The van der Waals surface area contributed by atoms with Gasteiger partial charge in [0.05, 0.1) is 6.04 Å². The van der Waals surface area contributed by atoms with Gasteiger partial charge in [-0.1, -0.05) is 17.2 Å². The van der Waals surface area contributed by atoms with E-state index in [0.717, 1.165) is 37.1 Å². The maximum atomic E-state index is 13.1. The number of amides is 1. The molecule has 0 aliphatic carbocycles. The monoisotopic (exact) mass is 369 g/mol. The number of aryl methyl sites for hydroxylation is 1. The fraction of sp³-hybridized carbons (Fsp3) is 0.350. The van der Waals surface area contributed by atoms with Crippen LogP contribution in [-0.2, 0) is 6.42 Å². The van der Waals surface area contributed by atoms with Gasteiger partial charge >= 0.3 is 0 Å². The summed E-state index contributed by atoms with van der Waals surface area (Å²) in [5, 5.41) is 8.07. The second kappa shape index (κ2) is 7.34. The summed E-state index contributed by atoms with van der Waals surface area (Å²) < 4.78 is 23.7. The van der Waals surface area contributed by atoms with Gasteiger partial charge in [-0.15, -0.1) is 0 Å². The summed E-state index contributed by atoms with van der Waals surface area (Å²) >= 11 is 0. The summed E-state index contributed by atoms with van der Waals surface area (Å²) in [6.45, 7) is 2.72. The lowest BCUT2D eigenvalue weighted by atomic mass is 10.1. The van der Waals surface area contributed by atoms with Crippen molar-refractivity contribution in [2.45, 2.75) is 38.6 Å². The van der Waals surface area contributed by atoms with Crippen LogP contribution in [0.5, 0.6) is 0 Å². The number of halogens is 1. The molecule has 0 bridgehead atoms. The number of benzene rings is 1. The van der Waals surface area contributed by atoms with Crippen LogP contribution in [0.25, 0.3) is 11.3 Å². The van der Waals surface area contributed by atoms with Gasteiger partial charge in [-0.2, -0.15) is 0 Å². The summed E-state index contributed by atoms with van der Waals surface area (Å²) in [5.41, 5.74) is 1.69. The lowest BCUT2D eigenvalue weighted by Gasteiger charge is -2.21. The van der Waals surface area contributed by atoms with Crippen LogP contribution in [0.2, 0.25) is 0 Å². The predicted octanol–water partition coefficient (Wildman–Crippen LogP) is 4.40. The van der Waals surface area contributed by atoms with Gasteiger partial charge in [0.25, 0.3) is 5.91 Å². The minimum Gasteiger partial charge on any atom is -0.361 e. The molecule has 0 saturated carbocycles. The van der Waals surface area contributed by atoms with Crippen molar-refractivity contribution < 1.29 is 18.2 Å². The zero-order chi connectivity index (χ0) is 18.8. The van der Waals surface area contributed by atoms with Gasteiger partial charge < -0.3 is 13.9 Å². The Hall–Kier alpha value is -2.96. The van der Waals surface area contributed by atoms with Crippen LogP contribution in [0.1, 0.15) is 54.2 Å². The van der Waals surface area contributed by atoms with E-state index in [-0.39, 0.29) is 23.5 Å². The van der Waals surface area contributed by atoms with Crippen molar-refractivity contribution in [3.63, 3.8) is 0 Å². The number of hydrogen-bond donors (Lipinski definition) is 0. The van der Waals surface area contributed by atoms with Crippen molar-refractivity contribution in [3.05, 3.63) is 59.4 Å². The fourth-order valence-electron chi connectivity index (χ4n) is 3.44. The van der Waals surface area contributed by atoms with Crippen molar-refractivity contribution >= 4 is 5.91 Å². The minimum atomic E-state index is -0.329. The standard InChI is InChI=1S/C20H20FN3O3/c1-2-4-15-11-16(22-26-15)18-5-3-10-24(18)20(25)17-12-19(27-23-17)13-6-8-14(21)9-7-13/h6-9,11-12,18H,2-5,10H2,1H3. The Kier molecular flexibility index (Phi) is 4.75. The Morgan fingerprint density at radius 1 is 1.22 bits per heavy atom. The number of likely N-dealkylation sites (tertiary alicyclic amines) is 1. The molecule has 1 saturated heterocycles. The van der Waals surface area contributed by atoms with Crippen LogP contribution >= 0.6 is 0 Å². The van der Waals surface area contributed by atoms with Gasteiger partial charge in [-0.3, -0.25) is 4.79 Å². The molecule has 0 spiro atoms. The van der Waals surface area contributed by atoms with E-state index in [1.165, 1.54) is 12.1 Å². The van der Waals surface area contributed by atoms with E-state index >= 15 is 0 Å². The number of aromatic nitrogens is 2. The highest BCUT2D eigenvalue weighted by Crippen LogP contribution is 2.33. The molecule has 4 rings (SSSR count). The molecule has 1 amide bonds. The van der Waals surface area contributed by atoms with Gasteiger partial charge in [0.15, 0.2) is 11.5 Å². The predicted molar refractivity (Wildman–Crippen MR) is 95.4 cm³/mol. The Labute approximate surface area is 155 Å². The van der Waals surface area contributed by atoms with Crippen molar-refractivity contribution in [1.82, 2.24) is 15.2 Å². The number of rotatable bonds is 5. The smallest absolute Gasteiger partial charge is 0.276 e. The van der Waals surface area contributed by atoms with Crippen LogP contribution in [0, 0.1) is 5.82 Å². The topological polar surface area (TPSA) is 72.4 Å². The van der Waals surface area contributed by atoms with Gasteiger partial charge in [0.2, 0.25) is 0 Å². The molecule has 1 atom stereocenters. The van der Waals surface area contributed by atoms with Crippen LogP contribution in [0.3, 0.4) is 0 Å². The van der Waals surface area contributed by atoms with E-state index in [1.54, 1.807) is 23.1 Å². The van der Waals surface area contributed by atoms with Gasteiger partial charge in [-0.05, 0) is 43.5 Å². The van der Waals surface area contributed by atoms with Gasteiger partial charge in [-0.25, -0.2) is 4.39 Å². The molecule has 3 aromatic rings. The summed E-state index contributed by atoms with van der Waals surface area (Å²) in [7, 11) is 0. The normalized spacial score (nSPS) is 16.8. The first-order valence-corrected chi connectivity index (χ1v) is 9.15. The second-order valence-corrected chi connectivity index (χ2v) is 6.71. The molecular weight excluding hydrogens is 349 g/mol. The van der Waals surface area contributed by atoms with Crippen LogP contribution < -0.4 is 0 Å². The summed E-state index contributed by atoms with van der Waals surface area (Å²) in [6, 6.07) is 9.28. The third kappa shape index (κ3) is 3.49. The molecule has 0 N–H and O–H groups in total. The lowest BCUT2D eigenvalue weighted by molar-refractivity contribution is 0.0720. The second-order valence-electron chi connectivity index (χ2n) is 6.71. The van der Waals surface area contributed by atoms with E-state index in [0.29, 0.717) is 17.9 Å². The molecule has 1 aliphatic heterocycles. The Morgan fingerprint density at radius 3 is 2.81 bits per heavy atom. The van der Waals surface area contributed by atoms with E-state index < -0.39 is 0 Å². The van der Waals surface area contributed by atoms with Crippen molar-refractivity contribution in [2.24, 2.45) is 0 Å². The number of hydrogen-bond acceptors (Lipinski definition) is 5. The summed E-state index contributed by atoms with van der Waals surface area (Å²) in [6.07, 6.45) is 3.55. The number of carbonyl (C=O) groups excluding carboxylic acids is 1. The first kappa shape index (κ1) is 17.5. The van der Waals surface area contributed by atoms with Gasteiger partial charge in [0, 0.05) is 30.7 Å². The first-order chi connectivity index (χ1) is 13.2. The van der Waals surface area contributed by atoms with E-state index in [4.69, 9.17) is 9.05 Å². The zero-order valence-corrected chi connectivity index (χ0v) is 15.0. The molecule has 3 heterocycles. The summed E-state index contributed by atoms with van der Waals surface area (Å²) in [5.74, 6) is 0.742. The molecule has 27 heavy (non-hydrogen) atoms. The minimum absolute atomic E-state index is 0.113. The van der Waals surface area contributed by atoms with E-state index in [9.17, 15) is 9.18 Å². The summed E-state index contributed by atoms with van der Waals surface area (Å²) in [4.78, 5) is 14.7. The lowest BCUT2D eigenvalue weighted by Crippen LogP contribution is -2.30. The third-order valence-electron chi connectivity index (χ3n) is 4.79. The Balaban J connectivity index is 1.53. The molecule has 140 valence electrons. The zero-order valence-electron chi connectivity index (χ0n) is 15.0. The van der Waals surface area contributed by atoms with Crippen molar-refractivity contribution in [2.75, 3.05) is 6.54 Å². The van der Waals surface area contributed by atoms with Crippen molar-refractivity contribution in [1.29, 1.82) is 0 Å². The highest BCUT2D eigenvalue weighted by Gasteiger charge is 2.34. The maximum absolute atomic E-state index is 13.1. The molecular formula is C20H20FN3O3. The first-order valence-electron chi connectivity index (χ1n) is 9.15. The molecule has 0 radical (unpaired) electrons. The van der Waals surface area contributed by atoms with Crippen molar-refractivity contribution in [3.8, 4) is 11.3 Å². The van der Waals surface area contributed by atoms with E-state index in [1.807, 2.05) is 6.07 Å². The number of nitrogens with zero attached hydrogens (tertiary/aromatic N) is 3. The quantitative estimate of drug-likeness (QED) is 0.667.